The minimum atomic E-state index is -0.512. The van der Waals surface area contributed by atoms with Crippen molar-refractivity contribution in [2.45, 2.75) is 45.4 Å². The maximum absolute atomic E-state index is 13.3. The molecule has 1 fully saturated rings. The third kappa shape index (κ3) is 5.70. The van der Waals surface area contributed by atoms with E-state index in [4.69, 9.17) is 4.74 Å². The molecule has 0 spiro atoms. The van der Waals surface area contributed by atoms with E-state index in [2.05, 4.69) is 29.4 Å². The molecular weight excluding hydrogens is 428 g/mol. The minimum Gasteiger partial charge on any atom is -0.444 e. The summed E-state index contributed by atoms with van der Waals surface area (Å²) in [6.45, 7) is 9.42. The van der Waals surface area contributed by atoms with E-state index in [1.54, 1.807) is 4.90 Å². The van der Waals surface area contributed by atoms with Crippen LogP contribution in [0, 0.1) is 0 Å². The second-order valence-electron chi connectivity index (χ2n) is 10.2. The molecule has 2 aliphatic rings. The zero-order valence-electron chi connectivity index (χ0n) is 20.7. The highest BCUT2D eigenvalue weighted by Crippen LogP contribution is 2.28. The van der Waals surface area contributed by atoms with Crippen LogP contribution in [0.3, 0.4) is 0 Å². The number of carbonyl (C=O) groups is 2. The van der Waals surface area contributed by atoms with Crippen molar-refractivity contribution in [1.29, 1.82) is 0 Å². The summed E-state index contributed by atoms with van der Waals surface area (Å²) >= 11 is 0. The lowest BCUT2D eigenvalue weighted by Gasteiger charge is -2.40. The van der Waals surface area contributed by atoms with Crippen molar-refractivity contribution in [2.75, 3.05) is 45.1 Å². The first-order valence-electron chi connectivity index (χ1n) is 12.1. The van der Waals surface area contributed by atoms with E-state index in [1.165, 1.54) is 11.1 Å². The second-order valence-corrected chi connectivity index (χ2v) is 10.2. The number of nitrogens with zero attached hydrogens (tertiary/aromatic N) is 3. The van der Waals surface area contributed by atoms with Crippen molar-refractivity contribution in [3.8, 4) is 0 Å². The Balaban J connectivity index is 1.42. The Labute approximate surface area is 202 Å². The van der Waals surface area contributed by atoms with Gasteiger partial charge in [0.15, 0.2) is 0 Å². The number of amides is 2. The molecule has 34 heavy (non-hydrogen) atoms. The molecule has 0 radical (unpaired) electrons. The molecule has 2 aromatic rings. The van der Waals surface area contributed by atoms with Gasteiger partial charge in [0.2, 0.25) is 5.91 Å². The van der Waals surface area contributed by atoms with E-state index < -0.39 is 5.60 Å². The van der Waals surface area contributed by atoms with Gasteiger partial charge in [-0.2, -0.15) is 0 Å². The van der Waals surface area contributed by atoms with E-state index in [0.29, 0.717) is 19.6 Å². The monoisotopic (exact) mass is 464 g/mol. The summed E-state index contributed by atoms with van der Waals surface area (Å²) in [4.78, 5) is 31.8. The average molecular weight is 465 g/mol. The van der Waals surface area contributed by atoms with Gasteiger partial charge in [-0.1, -0.05) is 42.5 Å². The van der Waals surface area contributed by atoms with Crippen molar-refractivity contribution < 1.29 is 14.3 Å². The van der Waals surface area contributed by atoms with Crippen molar-refractivity contribution in [3.63, 3.8) is 0 Å². The second kappa shape index (κ2) is 10.1. The fourth-order valence-electron chi connectivity index (χ4n) is 4.71. The number of piperazine rings is 1. The molecule has 0 aliphatic carbocycles. The Morgan fingerprint density at radius 2 is 1.79 bits per heavy atom. The normalized spacial score (nSPS) is 18.9. The van der Waals surface area contributed by atoms with Crippen LogP contribution in [0.25, 0.3) is 0 Å². The van der Waals surface area contributed by atoms with Crippen LogP contribution in [0.1, 0.15) is 43.5 Å². The smallest absolute Gasteiger partial charge is 0.410 e. The number of likely N-dealkylation sites (N-methyl/N-ethyl adjacent to an activating group) is 1. The van der Waals surface area contributed by atoms with Crippen LogP contribution in [0.5, 0.6) is 0 Å². The van der Waals surface area contributed by atoms with E-state index in [1.807, 2.05) is 62.1 Å². The van der Waals surface area contributed by atoms with E-state index in [0.717, 1.165) is 30.8 Å². The first-order chi connectivity index (χ1) is 16.2. The predicted octanol–water partition coefficient (Wildman–Crippen LogP) is 3.91. The Morgan fingerprint density at radius 3 is 2.53 bits per heavy atom. The highest BCUT2D eigenvalue weighted by molar-refractivity contribution is 5.82. The molecule has 7 nitrogen and oxygen atoms in total. The zero-order chi connectivity index (χ0) is 24.3. The number of fused-ring (bicyclic) bond motifs is 1. The van der Waals surface area contributed by atoms with Gasteiger partial charge in [-0.05, 0) is 57.0 Å². The molecular formula is C27H36N4O3. The molecule has 7 heteroatoms. The quantitative estimate of drug-likeness (QED) is 0.743. The number of nitrogens with one attached hydrogen (secondary N) is 1. The largest absolute Gasteiger partial charge is 0.444 e. The number of benzene rings is 2. The molecule has 0 aromatic heterocycles. The maximum atomic E-state index is 13.3. The van der Waals surface area contributed by atoms with Gasteiger partial charge in [-0.3, -0.25) is 4.79 Å². The van der Waals surface area contributed by atoms with Gasteiger partial charge in [0, 0.05) is 38.4 Å². The highest BCUT2D eigenvalue weighted by Gasteiger charge is 2.30. The fraction of sp³-hybridized carbons (Fsp3) is 0.481. The lowest BCUT2D eigenvalue weighted by Crippen LogP contribution is -2.50. The molecule has 182 valence electrons. The van der Waals surface area contributed by atoms with Crippen molar-refractivity contribution >= 4 is 17.7 Å². The average Bonchev–Trinajstić information content (AvgIpc) is 2.81. The highest BCUT2D eigenvalue weighted by atomic mass is 16.6. The third-order valence-corrected chi connectivity index (χ3v) is 6.44. The number of ether oxygens (including phenoxy) is 1. The van der Waals surface area contributed by atoms with Gasteiger partial charge in [0.05, 0.1) is 12.6 Å². The Bertz CT molecular complexity index is 1020. The van der Waals surface area contributed by atoms with Crippen LogP contribution in [0.4, 0.5) is 10.5 Å². The molecule has 2 aromatic carbocycles. The molecule has 1 atom stereocenters. The molecule has 2 aliphatic heterocycles. The molecule has 1 saturated heterocycles. The van der Waals surface area contributed by atoms with Crippen LogP contribution >= 0.6 is 0 Å². The summed E-state index contributed by atoms with van der Waals surface area (Å²) in [6, 6.07) is 16.4. The number of anilines is 1. The summed E-state index contributed by atoms with van der Waals surface area (Å²) in [5.41, 5.74) is 3.90. The lowest BCUT2D eigenvalue weighted by atomic mass is 9.98. The van der Waals surface area contributed by atoms with Gasteiger partial charge < -0.3 is 24.8 Å². The fourth-order valence-corrected chi connectivity index (χ4v) is 4.71. The Hall–Kier alpha value is -3.06. The SMILES string of the molecule is CN1CCN(C(=O)CNc2cccc3c2CCN(C(=O)OC(C)(C)C)C3)C(c2ccccc2)C1. The predicted molar refractivity (Wildman–Crippen MR) is 134 cm³/mol. The Kier molecular flexibility index (Phi) is 7.12. The summed E-state index contributed by atoms with van der Waals surface area (Å²) in [5.74, 6) is 0.103. The maximum Gasteiger partial charge on any atom is 0.410 e. The number of carbonyl (C=O) groups excluding carboxylic acids is 2. The van der Waals surface area contributed by atoms with E-state index in [-0.39, 0.29) is 24.6 Å². The van der Waals surface area contributed by atoms with Gasteiger partial charge in [-0.15, -0.1) is 0 Å². The third-order valence-electron chi connectivity index (χ3n) is 6.44. The first-order valence-corrected chi connectivity index (χ1v) is 12.1. The molecule has 0 bridgehead atoms. The lowest BCUT2D eigenvalue weighted by molar-refractivity contribution is -0.134. The van der Waals surface area contributed by atoms with Crippen LogP contribution in [0.2, 0.25) is 0 Å². The summed E-state index contributed by atoms with van der Waals surface area (Å²) < 4.78 is 5.54. The summed E-state index contributed by atoms with van der Waals surface area (Å²) in [5, 5.41) is 3.40. The molecule has 4 rings (SSSR count). The van der Waals surface area contributed by atoms with Crippen molar-refractivity contribution in [1.82, 2.24) is 14.7 Å². The molecule has 2 amide bonds. The number of hydrogen-bond donors (Lipinski definition) is 1. The van der Waals surface area contributed by atoms with E-state index >= 15 is 0 Å². The van der Waals surface area contributed by atoms with Crippen molar-refractivity contribution in [3.05, 3.63) is 65.2 Å². The first kappa shape index (κ1) is 24.1. The van der Waals surface area contributed by atoms with Crippen LogP contribution in [-0.4, -0.2) is 72.1 Å². The van der Waals surface area contributed by atoms with E-state index in [9.17, 15) is 9.59 Å². The summed E-state index contributed by atoms with van der Waals surface area (Å²) in [7, 11) is 2.10. The van der Waals surface area contributed by atoms with Gasteiger partial charge in [0.25, 0.3) is 0 Å². The van der Waals surface area contributed by atoms with Gasteiger partial charge in [0.1, 0.15) is 5.60 Å². The van der Waals surface area contributed by atoms with Gasteiger partial charge >= 0.3 is 6.09 Å². The summed E-state index contributed by atoms with van der Waals surface area (Å²) in [6.07, 6.45) is 0.446. The molecule has 1 N–H and O–H groups in total. The Morgan fingerprint density at radius 1 is 1.03 bits per heavy atom. The van der Waals surface area contributed by atoms with Crippen LogP contribution in [-0.2, 0) is 22.5 Å². The molecule has 1 unspecified atom stereocenters. The van der Waals surface area contributed by atoms with Crippen LogP contribution < -0.4 is 5.32 Å². The minimum absolute atomic E-state index is 0.0568. The number of hydrogen-bond acceptors (Lipinski definition) is 5. The zero-order valence-corrected chi connectivity index (χ0v) is 20.7. The topological polar surface area (TPSA) is 65.1 Å². The standard InChI is InChI=1S/C27H36N4O3/c1-27(2,3)34-26(33)30-14-13-22-21(18-30)11-8-12-23(22)28-17-25(32)31-16-15-29(4)19-24(31)20-9-6-5-7-10-20/h5-12,24,28H,13-19H2,1-4H3. The van der Waals surface area contributed by atoms with Crippen LogP contribution in [0.15, 0.2) is 48.5 Å². The number of rotatable bonds is 4. The molecule has 0 saturated carbocycles. The molecule has 2 heterocycles. The van der Waals surface area contributed by atoms with Crippen molar-refractivity contribution in [2.24, 2.45) is 0 Å². The van der Waals surface area contributed by atoms with Gasteiger partial charge in [-0.25, -0.2) is 4.79 Å².